The fraction of sp³-hybridized carbons (Fsp3) is 0.765. The van der Waals surface area contributed by atoms with E-state index in [1.807, 2.05) is 6.08 Å². The molecule has 0 aliphatic carbocycles. The zero-order valence-electron chi connectivity index (χ0n) is 15.4. The summed E-state index contributed by atoms with van der Waals surface area (Å²) in [5.41, 5.74) is 3.48. The van der Waals surface area contributed by atoms with Gasteiger partial charge in [-0.3, -0.25) is 0 Å². The molecule has 1 aliphatic heterocycles. The lowest BCUT2D eigenvalue weighted by molar-refractivity contribution is 0.215. The second kappa shape index (κ2) is 7.13. The van der Waals surface area contributed by atoms with Crippen LogP contribution in [0.25, 0.3) is 0 Å². The van der Waals surface area contributed by atoms with Gasteiger partial charge in [0.05, 0.1) is 27.4 Å². The summed E-state index contributed by atoms with van der Waals surface area (Å²) in [6, 6.07) is 0. The van der Waals surface area contributed by atoms with E-state index in [0.29, 0.717) is 0 Å². The molecule has 0 aromatic heterocycles. The van der Waals surface area contributed by atoms with Crippen LogP contribution in [0.15, 0.2) is 22.5 Å². The van der Waals surface area contributed by atoms with Gasteiger partial charge in [0.1, 0.15) is 0 Å². The van der Waals surface area contributed by atoms with Gasteiger partial charge in [-0.25, -0.2) is 0 Å². The summed E-state index contributed by atoms with van der Waals surface area (Å²) in [5.74, 6) is 0. The predicted octanol–water partition coefficient (Wildman–Crippen LogP) is 3.79. The Hall–Kier alpha value is -0.206. The Labute approximate surface area is 138 Å². The molecule has 1 unspecified atom stereocenters. The molecule has 1 saturated heterocycles. The monoisotopic (exact) mass is 342 g/mol. The molecule has 0 bridgehead atoms. The second-order valence-corrected chi connectivity index (χ2v) is 17.6. The first-order valence-corrected chi connectivity index (χ1v) is 14.2. The Morgan fingerprint density at radius 1 is 1.32 bits per heavy atom. The molecule has 0 radical (unpaired) electrons. The van der Waals surface area contributed by atoms with Crippen molar-refractivity contribution in [1.82, 2.24) is 0 Å². The Morgan fingerprint density at radius 2 is 1.91 bits per heavy atom. The van der Waals surface area contributed by atoms with Gasteiger partial charge < -0.3 is 14.6 Å². The van der Waals surface area contributed by atoms with E-state index in [1.165, 1.54) is 5.20 Å². The molecule has 1 heterocycles. The Balaban J connectivity index is 2.87. The van der Waals surface area contributed by atoms with E-state index >= 15 is 0 Å². The van der Waals surface area contributed by atoms with Gasteiger partial charge in [0.15, 0.2) is 0 Å². The van der Waals surface area contributed by atoms with Crippen LogP contribution in [0.2, 0.25) is 31.2 Å². The molecule has 5 heteroatoms. The molecule has 1 aliphatic rings. The highest BCUT2D eigenvalue weighted by Gasteiger charge is 2.39. The van der Waals surface area contributed by atoms with Crippen molar-refractivity contribution < 1.29 is 14.6 Å². The number of hydrogen-bond acceptors (Lipinski definition) is 3. The molecule has 0 aromatic carbocycles. The lowest BCUT2D eigenvalue weighted by atomic mass is 10.1. The van der Waals surface area contributed by atoms with Gasteiger partial charge in [0, 0.05) is 0 Å². The molecule has 0 aromatic rings. The van der Waals surface area contributed by atoms with Crippen LogP contribution in [0, 0.1) is 0 Å². The van der Waals surface area contributed by atoms with Crippen LogP contribution < -0.4 is 0 Å². The molecule has 3 nitrogen and oxygen atoms in total. The Bertz CT molecular complexity index is 445. The normalized spacial score (nSPS) is 25.0. The first-order valence-electron chi connectivity index (χ1n) is 8.22. The van der Waals surface area contributed by atoms with Crippen molar-refractivity contribution in [2.45, 2.75) is 70.9 Å². The van der Waals surface area contributed by atoms with Gasteiger partial charge in [-0.05, 0) is 31.0 Å². The van der Waals surface area contributed by atoms with E-state index < -0.39 is 16.4 Å². The van der Waals surface area contributed by atoms with Crippen LogP contribution in [0.3, 0.4) is 0 Å². The first kappa shape index (κ1) is 19.8. The van der Waals surface area contributed by atoms with Crippen LogP contribution in [0.1, 0.15) is 33.6 Å². The van der Waals surface area contributed by atoms with E-state index in [9.17, 15) is 5.11 Å². The molecule has 0 spiro atoms. The maximum absolute atomic E-state index is 9.77. The molecular formula is C17H34O3Si2. The second-order valence-electron chi connectivity index (χ2n) is 8.50. The van der Waals surface area contributed by atoms with Crippen molar-refractivity contribution in [2.24, 2.45) is 0 Å². The van der Waals surface area contributed by atoms with Gasteiger partial charge >= 0.3 is 0 Å². The number of rotatable bonds is 5. The fourth-order valence-electron chi connectivity index (χ4n) is 2.77. The van der Waals surface area contributed by atoms with Gasteiger partial charge in [0.2, 0.25) is 8.32 Å². The third-order valence-electron chi connectivity index (χ3n) is 5.21. The zero-order chi connectivity index (χ0) is 17.2. The third-order valence-corrected chi connectivity index (χ3v) is 13.1. The molecule has 1 fully saturated rings. The van der Waals surface area contributed by atoms with Crippen LogP contribution in [0.4, 0.5) is 0 Å². The molecule has 0 amide bonds. The summed E-state index contributed by atoms with van der Waals surface area (Å²) in [6.45, 7) is 16.2. The summed E-state index contributed by atoms with van der Waals surface area (Å²) in [6.07, 6.45) is 3.78. The average Bonchev–Trinajstić information content (AvgIpc) is 2.62. The topological polar surface area (TPSA) is 49.7 Å². The maximum atomic E-state index is 9.77. The van der Waals surface area contributed by atoms with E-state index in [2.05, 4.69) is 52.7 Å². The lowest BCUT2D eigenvalue weighted by Crippen LogP contribution is -2.36. The van der Waals surface area contributed by atoms with Crippen molar-refractivity contribution in [2.75, 3.05) is 13.2 Å². The van der Waals surface area contributed by atoms with E-state index in [-0.39, 0.29) is 24.4 Å². The van der Waals surface area contributed by atoms with Crippen molar-refractivity contribution in [3.05, 3.63) is 22.5 Å². The highest BCUT2D eigenvalue weighted by Crippen LogP contribution is 2.39. The van der Waals surface area contributed by atoms with Crippen LogP contribution >= 0.6 is 0 Å². The predicted molar refractivity (Wildman–Crippen MR) is 99.1 cm³/mol. The van der Waals surface area contributed by atoms with E-state index in [1.54, 1.807) is 0 Å². The standard InChI is InChI=1S/C17H34O3Si2/c1-17(2,3)21(4,5)13-14(12-19)10-15-11-16(8-9-18)22(6,7)20-15/h8,13,15,18-19H,9-12H2,1-7H3/b14-13-,16-8+. The van der Waals surface area contributed by atoms with Crippen LogP contribution in [0.5, 0.6) is 0 Å². The summed E-state index contributed by atoms with van der Waals surface area (Å²) < 4.78 is 6.27. The summed E-state index contributed by atoms with van der Waals surface area (Å²) in [7, 11) is -3.37. The van der Waals surface area contributed by atoms with Crippen LogP contribution in [-0.4, -0.2) is 45.9 Å². The van der Waals surface area contributed by atoms with Crippen molar-refractivity contribution in [3.8, 4) is 0 Å². The summed E-state index contributed by atoms with van der Waals surface area (Å²) in [5, 5.41) is 20.5. The highest BCUT2D eigenvalue weighted by molar-refractivity contribution is 6.84. The molecule has 1 atom stereocenters. The van der Waals surface area contributed by atoms with Gasteiger partial charge in [-0.2, -0.15) is 0 Å². The quantitative estimate of drug-likeness (QED) is 0.747. The number of hydrogen-bond donors (Lipinski definition) is 2. The molecule has 22 heavy (non-hydrogen) atoms. The number of aliphatic hydroxyl groups excluding tert-OH is 2. The minimum atomic E-state index is -1.82. The van der Waals surface area contributed by atoms with Crippen molar-refractivity contribution in [1.29, 1.82) is 0 Å². The minimum Gasteiger partial charge on any atom is -0.410 e. The van der Waals surface area contributed by atoms with Crippen LogP contribution in [-0.2, 0) is 4.43 Å². The molecule has 128 valence electrons. The first-order chi connectivity index (χ1) is 9.93. The summed E-state index contributed by atoms with van der Waals surface area (Å²) in [4.78, 5) is 0. The zero-order valence-corrected chi connectivity index (χ0v) is 17.4. The van der Waals surface area contributed by atoms with Crippen molar-refractivity contribution >= 4 is 16.4 Å². The fourth-order valence-corrected chi connectivity index (χ4v) is 6.88. The van der Waals surface area contributed by atoms with E-state index in [4.69, 9.17) is 9.53 Å². The molecular weight excluding hydrogens is 308 g/mol. The molecule has 0 saturated carbocycles. The smallest absolute Gasteiger partial charge is 0.214 e. The highest BCUT2D eigenvalue weighted by atomic mass is 28.4. The van der Waals surface area contributed by atoms with Crippen molar-refractivity contribution in [3.63, 3.8) is 0 Å². The minimum absolute atomic E-state index is 0.0918. The Kier molecular flexibility index (Phi) is 6.43. The van der Waals surface area contributed by atoms with Gasteiger partial charge in [-0.1, -0.05) is 56.4 Å². The third kappa shape index (κ3) is 4.89. The SMILES string of the molecule is CC(C)(C)[Si](C)(C)/C=C(\CO)CC1C/C(=C\CO)[Si](C)(C)O1. The van der Waals surface area contributed by atoms with Gasteiger partial charge in [0.25, 0.3) is 0 Å². The summed E-state index contributed by atoms with van der Waals surface area (Å²) >= 11 is 0. The lowest BCUT2D eigenvalue weighted by Gasteiger charge is -2.35. The maximum Gasteiger partial charge on any atom is 0.214 e. The molecule has 2 N–H and O–H groups in total. The van der Waals surface area contributed by atoms with Gasteiger partial charge in [-0.15, -0.1) is 0 Å². The molecule has 1 rings (SSSR count). The Morgan fingerprint density at radius 3 is 2.36 bits per heavy atom. The largest absolute Gasteiger partial charge is 0.410 e. The number of aliphatic hydroxyl groups is 2. The average molecular weight is 343 g/mol. The van der Waals surface area contributed by atoms with E-state index in [0.717, 1.165) is 18.4 Å².